The maximum atomic E-state index is 9.15. The van der Waals surface area contributed by atoms with Crippen LogP contribution in [0.3, 0.4) is 0 Å². The molecule has 0 atom stereocenters. The third-order valence-electron chi connectivity index (χ3n) is 2.30. The minimum Gasteiger partial charge on any atom is -0.508 e. The second-order valence-electron chi connectivity index (χ2n) is 3.61. The first kappa shape index (κ1) is 11.7. The van der Waals surface area contributed by atoms with Crippen LogP contribution >= 0.6 is 11.6 Å². The van der Waals surface area contributed by atoms with Crippen LogP contribution < -0.4 is 5.32 Å². The molecule has 1 aromatic carbocycles. The maximum Gasteiger partial charge on any atom is 0.153 e. The highest BCUT2D eigenvalue weighted by Crippen LogP contribution is 2.12. The van der Waals surface area contributed by atoms with Gasteiger partial charge in [0.05, 0.1) is 11.9 Å². The van der Waals surface area contributed by atoms with Crippen molar-refractivity contribution in [1.82, 2.24) is 10.2 Å². The zero-order valence-corrected chi connectivity index (χ0v) is 9.85. The van der Waals surface area contributed by atoms with E-state index in [1.807, 2.05) is 12.1 Å². The van der Waals surface area contributed by atoms with Crippen LogP contribution in [-0.2, 0) is 6.42 Å². The second-order valence-corrected chi connectivity index (χ2v) is 4.00. The number of aromatic hydroxyl groups is 1. The number of anilines is 1. The minimum absolute atomic E-state index is 0.284. The average Bonchev–Trinajstić information content (AvgIpc) is 2.32. The van der Waals surface area contributed by atoms with Crippen molar-refractivity contribution in [3.8, 4) is 5.75 Å². The number of phenols is 1. The van der Waals surface area contributed by atoms with Gasteiger partial charge in [-0.1, -0.05) is 23.7 Å². The van der Waals surface area contributed by atoms with E-state index >= 15 is 0 Å². The Morgan fingerprint density at radius 3 is 2.71 bits per heavy atom. The van der Waals surface area contributed by atoms with Gasteiger partial charge in [0.25, 0.3) is 0 Å². The molecule has 0 aliphatic carbocycles. The van der Waals surface area contributed by atoms with Crippen LogP contribution in [0.25, 0.3) is 0 Å². The van der Waals surface area contributed by atoms with Gasteiger partial charge in [-0.25, -0.2) is 0 Å². The molecule has 0 saturated heterocycles. The van der Waals surface area contributed by atoms with E-state index < -0.39 is 0 Å². The fraction of sp³-hybridized carbons (Fsp3) is 0.167. The van der Waals surface area contributed by atoms with Gasteiger partial charge in [-0.3, -0.25) is 0 Å². The van der Waals surface area contributed by atoms with E-state index in [1.165, 1.54) is 0 Å². The lowest BCUT2D eigenvalue weighted by Gasteiger charge is -2.05. The van der Waals surface area contributed by atoms with Crippen molar-refractivity contribution < 1.29 is 5.11 Å². The molecule has 5 heteroatoms. The highest BCUT2D eigenvalue weighted by Gasteiger charge is 1.96. The van der Waals surface area contributed by atoms with Gasteiger partial charge in [-0.15, -0.1) is 5.10 Å². The molecule has 0 fully saturated rings. The van der Waals surface area contributed by atoms with E-state index in [4.69, 9.17) is 16.7 Å². The summed E-state index contributed by atoms with van der Waals surface area (Å²) in [6.45, 7) is 0.771. The Hall–Kier alpha value is -1.81. The quantitative estimate of drug-likeness (QED) is 0.874. The number of hydrogen-bond acceptors (Lipinski definition) is 4. The number of halogens is 1. The van der Waals surface area contributed by atoms with E-state index in [2.05, 4.69) is 15.5 Å². The smallest absolute Gasteiger partial charge is 0.153 e. The summed E-state index contributed by atoms with van der Waals surface area (Å²) in [5, 5.41) is 20.1. The van der Waals surface area contributed by atoms with Gasteiger partial charge in [-0.05, 0) is 24.1 Å². The summed E-state index contributed by atoms with van der Waals surface area (Å²) < 4.78 is 0. The number of nitrogens with one attached hydrogen (secondary N) is 1. The summed E-state index contributed by atoms with van der Waals surface area (Å²) in [7, 11) is 0. The van der Waals surface area contributed by atoms with Crippen LogP contribution in [0.1, 0.15) is 5.56 Å². The number of phenolic OH excluding ortho intramolecular Hbond substituents is 1. The molecule has 0 amide bonds. The molecule has 0 unspecified atom stereocenters. The van der Waals surface area contributed by atoms with Gasteiger partial charge in [0.2, 0.25) is 0 Å². The molecule has 88 valence electrons. The molecule has 0 aliphatic heterocycles. The Labute approximate surface area is 104 Å². The van der Waals surface area contributed by atoms with Crippen molar-refractivity contribution >= 4 is 17.3 Å². The lowest BCUT2D eigenvalue weighted by atomic mass is 10.1. The van der Waals surface area contributed by atoms with Crippen molar-refractivity contribution in [2.45, 2.75) is 6.42 Å². The predicted octanol–water partition coefficient (Wildman–Crippen LogP) is 2.49. The zero-order valence-electron chi connectivity index (χ0n) is 9.10. The van der Waals surface area contributed by atoms with Gasteiger partial charge >= 0.3 is 0 Å². The summed E-state index contributed by atoms with van der Waals surface area (Å²) in [5.74, 6) is 0.284. The van der Waals surface area contributed by atoms with Gasteiger partial charge in [-0.2, -0.15) is 5.10 Å². The highest BCUT2D eigenvalue weighted by molar-refractivity contribution is 6.29. The Kier molecular flexibility index (Phi) is 3.77. The third kappa shape index (κ3) is 3.60. The van der Waals surface area contributed by atoms with Crippen molar-refractivity contribution in [1.29, 1.82) is 0 Å². The average molecular weight is 250 g/mol. The summed E-state index contributed by atoms with van der Waals surface area (Å²) in [5.41, 5.74) is 2.01. The molecule has 0 aliphatic rings. The van der Waals surface area contributed by atoms with Crippen LogP contribution in [0.15, 0.2) is 36.5 Å². The number of aromatic nitrogens is 2. The Bertz CT molecular complexity index is 487. The molecule has 0 radical (unpaired) electrons. The van der Waals surface area contributed by atoms with E-state index in [9.17, 15) is 0 Å². The van der Waals surface area contributed by atoms with Crippen LogP contribution in [0.4, 0.5) is 5.69 Å². The second kappa shape index (κ2) is 5.50. The van der Waals surface area contributed by atoms with Crippen molar-refractivity contribution in [2.24, 2.45) is 0 Å². The van der Waals surface area contributed by atoms with Crippen LogP contribution in [0.5, 0.6) is 5.75 Å². The number of hydrogen-bond donors (Lipinski definition) is 2. The van der Waals surface area contributed by atoms with Crippen molar-refractivity contribution in [2.75, 3.05) is 11.9 Å². The number of benzene rings is 1. The number of rotatable bonds is 4. The minimum atomic E-state index is 0.284. The molecule has 1 heterocycles. The lowest BCUT2D eigenvalue weighted by Crippen LogP contribution is -2.05. The molecule has 0 saturated carbocycles. The Morgan fingerprint density at radius 2 is 2.00 bits per heavy atom. The molecule has 0 spiro atoms. The third-order valence-corrected chi connectivity index (χ3v) is 2.49. The van der Waals surface area contributed by atoms with Crippen LogP contribution in [0.2, 0.25) is 5.15 Å². The van der Waals surface area contributed by atoms with Crippen LogP contribution in [-0.4, -0.2) is 21.8 Å². The molecule has 17 heavy (non-hydrogen) atoms. The molecule has 2 N–H and O–H groups in total. The topological polar surface area (TPSA) is 58.0 Å². The SMILES string of the molecule is Oc1ccc(CCNc2cnnc(Cl)c2)cc1. The lowest BCUT2D eigenvalue weighted by molar-refractivity contribution is 0.475. The molecule has 2 rings (SSSR count). The van der Waals surface area contributed by atoms with E-state index in [-0.39, 0.29) is 5.75 Å². The first-order chi connectivity index (χ1) is 8.24. The van der Waals surface area contributed by atoms with E-state index in [0.717, 1.165) is 24.2 Å². The summed E-state index contributed by atoms with van der Waals surface area (Å²) in [6, 6.07) is 8.88. The molecule has 4 nitrogen and oxygen atoms in total. The van der Waals surface area contributed by atoms with Crippen LogP contribution in [0, 0.1) is 0 Å². The molecular formula is C12H12ClN3O. The molecule has 0 bridgehead atoms. The fourth-order valence-corrected chi connectivity index (χ4v) is 1.61. The number of nitrogens with zero attached hydrogens (tertiary/aromatic N) is 2. The first-order valence-corrected chi connectivity index (χ1v) is 5.62. The Balaban J connectivity index is 1.85. The molecule has 2 aromatic rings. The largest absolute Gasteiger partial charge is 0.508 e. The first-order valence-electron chi connectivity index (χ1n) is 5.24. The summed E-state index contributed by atoms with van der Waals surface area (Å²) >= 11 is 5.72. The highest BCUT2D eigenvalue weighted by atomic mass is 35.5. The van der Waals surface area contributed by atoms with Gasteiger partial charge in [0, 0.05) is 12.6 Å². The van der Waals surface area contributed by atoms with E-state index in [0.29, 0.717) is 5.15 Å². The zero-order chi connectivity index (χ0) is 12.1. The fourth-order valence-electron chi connectivity index (χ4n) is 1.45. The maximum absolute atomic E-state index is 9.15. The normalized spacial score (nSPS) is 10.2. The van der Waals surface area contributed by atoms with Gasteiger partial charge in [0.1, 0.15) is 5.75 Å². The van der Waals surface area contributed by atoms with Crippen molar-refractivity contribution in [3.05, 3.63) is 47.2 Å². The summed E-state index contributed by atoms with van der Waals surface area (Å²) in [4.78, 5) is 0. The predicted molar refractivity (Wildman–Crippen MR) is 67.3 cm³/mol. The standard InChI is InChI=1S/C12H12ClN3O/c13-12-7-10(8-15-16-12)14-6-5-9-1-3-11(17)4-2-9/h1-4,7-8,17H,5-6H2,(H,14,16). The van der Waals surface area contributed by atoms with Gasteiger partial charge < -0.3 is 10.4 Å². The summed E-state index contributed by atoms with van der Waals surface area (Å²) in [6.07, 6.45) is 2.49. The van der Waals surface area contributed by atoms with Crippen molar-refractivity contribution in [3.63, 3.8) is 0 Å². The Morgan fingerprint density at radius 1 is 1.24 bits per heavy atom. The van der Waals surface area contributed by atoms with E-state index in [1.54, 1.807) is 24.4 Å². The monoisotopic (exact) mass is 249 g/mol. The van der Waals surface area contributed by atoms with Gasteiger partial charge in [0.15, 0.2) is 5.15 Å². The molecular weight excluding hydrogens is 238 g/mol. The molecule has 1 aromatic heterocycles.